The lowest BCUT2D eigenvalue weighted by Gasteiger charge is -2.09. The molecule has 0 saturated heterocycles. The largest absolute Gasteiger partial charge is 0.502 e. The van der Waals surface area contributed by atoms with E-state index in [0.717, 1.165) is 0 Å². The van der Waals surface area contributed by atoms with E-state index >= 15 is 0 Å². The van der Waals surface area contributed by atoms with Crippen LogP contribution in [0.4, 0.5) is 5.69 Å². The summed E-state index contributed by atoms with van der Waals surface area (Å²) in [5.41, 5.74) is 2.69. The second-order valence-electron chi connectivity index (χ2n) is 4.00. The molecule has 0 unspecified atom stereocenters. The van der Waals surface area contributed by atoms with Crippen LogP contribution < -0.4 is 10.7 Å². The monoisotopic (exact) mass is 282 g/mol. The van der Waals surface area contributed by atoms with Gasteiger partial charge in [-0.25, -0.2) is 0 Å². The fraction of sp³-hybridized carbons (Fsp3) is 0.273. The number of nitro groups is 1. The summed E-state index contributed by atoms with van der Waals surface area (Å²) in [7, 11) is 0. The first-order valence-electron chi connectivity index (χ1n) is 5.47. The van der Waals surface area contributed by atoms with Gasteiger partial charge in [0.15, 0.2) is 10.9 Å². The Bertz CT molecular complexity index is 517. The number of nitrogens with one attached hydrogen (secondary N) is 2. The highest BCUT2D eigenvalue weighted by Gasteiger charge is 2.12. The number of phenols is 1. The van der Waals surface area contributed by atoms with E-state index in [1.54, 1.807) is 0 Å². The summed E-state index contributed by atoms with van der Waals surface area (Å²) in [6.45, 7) is 3.86. The molecule has 102 valence electrons. The number of nitrogens with zero attached hydrogens (tertiary/aromatic N) is 2. The van der Waals surface area contributed by atoms with Crippen molar-refractivity contribution >= 4 is 29.2 Å². The van der Waals surface area contributed by atoms with Crippen LogP contribution in [0.3, 0.4) is 0 Å². The van der Waals surface area contributed by atoms with Crippen molar-refractivity contribution in [2.75, 3.05) is 0 Å². The van der Waals surface area contributed by atoms with Gasteiger partial charge in [0, 0.05) is 17.7 Å². The van der Waals surface area contributed by atoms with Gasteiger partial charge in [0.25, 0.3) is 0 Å². The molecule has 1 aromatic rings. The van der Waals surface area contributed by atoms with E-state index < -0.39 is 4.92 Å². The first-order valence-corrected chi connectivity index (χ1v) is 5.88. The molecule has 0 bridgehead atoms. The molecular weight excluding hydrogens is 268 g/mol. The molecule has 8 heteroatoms. The van der Waals surface area contributed by atoms with E-state index in [2.05, 4.69) is 15.8 Å². The number of rotatable bonds is 4. The van der Waals surface area contributed by atoms with Crippen molar-refractivity contribution in [1.82, 2.24) is 10.7 Å². The fourth-order valence-corrected chi connectivity index (χ4v) is 1.52. The number of thiocarbonyl (C=S) groups is 1. The summed E-state index contributed by atoms with van der Waals surface area (Å²) in [6.07, 6.45) is 1.38. The molecule has 0 fully saturated rings. The van der Waals surface area contributed by atoms with Crippen LogP contribution in [0.25, 0.3) is 0 Å². The minimum Gasteiger partial charge on any atom is -0.502 e. The summed E-state index contributed by atoms with van der Waals surface area (Å²) in [5, 5.41) is 27.0. The number of nitro benzene ring substituents is 1. The number of aromatic hydroxyl groups is 1. The molecule has 0 aliphatic carbocycles. The SMILES string of the molecule is CC(C)NC(=S)N/N=C/c1ccc(O)c([N+](=O)[O-])c1. The molecule has 7 nitrogen and oxygen atoms in total. The number of phenolic OH excluding ortho intramolecular Hbond substituents is 1. The third-order valence-corrected chi connectivity index (χ3v) is 2.20. The maximum absolute atomic E-state index is 10.6. The standard InChI is InChI=1S/C11H14N4O3S/c1-7(2)13-11(19)14-12-6-8-3-4-10(16)9(5-8)15(17)18/h3-7,16H,1-2H3,(H2,13,14,19)/b12-6+. The molecule has 3 N–H and O–H groups in total. The van der Waals surface area contributed by atoms with Gasteiger partial charge in [0.2, 0.25) is 0 Å². The van der Waals surface area contributed by atoms with Gasteiger partial charge in [0.05, 0.1) is 11.1 Å². The third kappa shape index (κ3) is 4.88. The molecule has 0 spiro atoms. The second-order valence-corrected chi connectivity index (χ2v) is 4.41. The lowest BCUT2D eigenvalue weighted by molar-refractivity contribution is -0.385. The third-order valence-electron chi connectivity index (χ3n) is 2.00. The minimum absolute atomic E-state index is 0.185. The zero-order valence-electron chi connectivity index (χ0n) is 10.5. The summed E-state index contributed by atoms with van der Waals surface area (Å²) in [5.74, 6) is -0.382. The molecule has 0 heterocycles. The number of hydrazone groups is 1. The Morgan fingerprint density at radius 1 is 1.58 bits per heavy atom. The highest BCUT2D eigenvalue weighted by molar-refractivity contribution is 7.80. The van der Waals surface area contributed by atoms with E-state index in [4.69, 9.17) is 12.2 Å². The van der Waals surface area contributed by atoms with E-state index in [0.29, 0.717) is 10.7 Å². The first kappa shape index (κ1) is 14.8. The van der Waals surface area contributed by atoms with Crippen molar-refractivity contribution in [1.29, 1.82) is 0 Å². The van der Waals surface area contributed by atoms with Crippen molar-refractivity contribution in [3.63, 3.8) is 0 Å². The average molecular weight is 282 g/mol. The molecule has 0 aliphatic rings. The molecule has 0 aliphatic heterocycles. The smallest absolute Gasteiger partial charge is 0.311 e. The van der Waals surface area contributed by atoms with E-state index in [-0.39, 0.29) is 17.5 Å². The second kappa shape index (κ2) is 6.64. The van der Waals surface area contributed by atoms with Gasteiger partial charge in [0.1, 0.15) is 0 Å². The predicted octanol–water partition coefficient (Wildman–Crippen LogP) is 1.51. The van der Waals surface area contributed by atoms with Crippen LogP contribution in [0, 0.1) is 10.1 Å². The van der Waals surface area contributed by atoms with E-state index in [1.807, 2.05) is 13.8 Å². The summed E-state index contributed by atoms with van der Waals surface area (Å²) >= 11 is 4.95. The van der Waals surface area contributed by atoms with Crippen LogP contribution in [0.1, 0.15) is 19.4 Å². The van der Waals surface area contributed by atoms with Crippen molar-refractivity contribution in [2.24, 2.45) is 5.10 Å². The summed E-state index contributed by atoms with van der Waals surface area (Å²) < 4.78 is 0. The van der Waals surface area contributed by atoms with Gasteiger partial charge in [-0.15, -0.1) is 0 Å². The first-order chi connectivity index (χ1) is 8.90. The maximum Gasteiger partial charge on any atom is 0.311 e. The normalized spacial score (nSPS) is 10.7. The number of hydrogen-bond donors (Lipinski definition) is 3. The molecule has 1 aromatic carbocycles. The van der Waals surface area contributed by atoms with Gasteiger partial charge in [-0.2, -0.15) is 5.10 Å². The predicted molar refractivity (Wildman–Crippen MR) is 76.4 cm³/mol. The van der Waals surface area contributed by atoms with Crippen LogP contribution in [-0.4, -0.2) is 27.4 Å². The molecule has 0 radical (unpaired) electrons. The molecule has 0 atom stereocenters. The molecule has 0 saturated carbocycles. The molecular formula is C11H14N4O3S. The van der Waals surface area contributed by atoms with Gasteiger partial charge in [-0.3, -0.25) is 15.5 Å². The zero-order valence-corrected chi connectivity index (χ0v) is 11.3. The van der Waals surface area contributed by atoms with Crippen molar-refractivity contribution < 1.29 is 10.0 Å². The Balaban J connectivity index is 2.70. The van der Waals surface area contributed by atoms with Gasteiger partial charge in [-0.05, 0) is 38.2 Å². The van der Waals surface area contributed by atoms with Crippen molar-refractivity contribution in [3.8, 4) is 5.75 Å². The fourth-order valence-electron chi connectivity index (χ4n) is 1.23. The molecule has 0 aromatic heterocycles. The van der Waals surface area contributed by atoms with Gasteiger partial charge in [-0.1, -0.05) is 0 Å². The van der Waals surface area contributed by atoms with Crippen LogP contribution in [0.2, 0.25) is 0 Å². The Morgan fingerprint density at radius 2 is 2.26 bits per heavy atom. The zero-order chi connectivity index (χ0) is 14.4. The minimum atomic E-state index is -0.662. The highest BCUT2D eigenvalue weighted by atomic mass is 32.1. The Morgan fingerprint density at radius 3 is 2.84 bits per heavy atom. The summed E-state index contributed by atoms with van der Waals surface area (Å²) in [6, 6.07) is 4.15. The van der Waals surface area contributed by atoms with Crippen LogP contribution in [0.5, 0.6) is 5.75 Å². The lowest BCUT2D eigenvalue weighted by atomic mass is 10.2. The van der Waals surface area contributed by atoms with E-state index in [1.165, 1.54) is 24.4 Å². The van der Waals surface area contributed by atoms with E-state index in [9.17, 15) is 15.2 Å². The lowest BCUT2D eigenvalue weighted by Crippen LogP contribution is -2.36. The highest BCUT2D eigenvalue weighted by Crippen LogP contribution is 2.25. The maximum atomic E-state index is 10.6. The summed E-state index contributed by atoms with van der Waals surface area (Å²) in [4.78, 5) is 9.97. The quantitative estimate of drug-likeness (QED) is 0.335. The van der Waals surface area contributed by atoms with Gasteiger partial charge < -0.3 is 10.4 Å². The Hall–Kier alpha value is -2.22. The Labute approximate surface area is 115 Å². The molecule has 0 amide bonds. The topological polar surface area (TPSA) is 99.8 Å². The van der Waals surface area contributed by atoms with Crippen molar-refractivity contribution in [3.05, 3.63) is 33.9 Å². The van der Waals surface area contributed by atoms with Gasteiger partial charge >= 0.3 is 5.69 Å². The Kier molecular flexibility index (Phi) is 5.19. The average Bonchev–Trinajstić information content (AvgIpc) is 2.30. The molecule has 1 rings (SSSR count). The van der Waals surface area contributed by atoms with Crippen LogP contribution in [0.15, 0.2) is 23.3 Å². The molecule has 19 heavy (non-hydrogen) atoms. The number of hydrogen-bond acceptors (Lipinski definition) is 5. The number of benzene rings is 1. The van der Waals surface area contributed by atoms with Crippen LogP contribution in [-0.2, 0) is 0 Å². The van der Waals surface area contributed by atoms with Crippen LogP contribution >= 0.6 is 12.2 Å². The van der Waals surface area contributed by atoms with Crippen molar-refractivity contribution in [2.45, 2.75) is 19.9 Å².